The van der Waals surface area contributed by atoms with Crippen molar-refractivity contribution >= 4 is 27.9 Å². The van der Waals surface area contributed by atoms with Crippen molar-refractivity contribution in [3.05, 3.63) is 61.2 Å². The molecule has 0 bridgehead atoms. The predicted octanol–water partition coefficient (Wildman–Crippen LogP) is 2.93. The molecule has 1 aliphatic heterocycles. The number of nitrogens with one attached hydrogen (secondary N) is 1. The van der Waals surface area contributed by atoms with Crippen LogP contribution in [0, 0.1) is 11.7 Å². The molecular weight excluding hydrogens is 421 g/mol. The number of H-pyrrole nitrogens is 1. The average molecular weight is 443 g/mol. The number of benzene rings is 1. The Hall–Kier alpha value is -3.92. The van der Waals surface area contributed by atoms with Crippen LogP contribution in [0.4, 0.5) is 10.3 Å². The van der Waals surface area contributed by atoms with E-state index >= 15 is 0 Å². The second-order valence-corrected chi connectivity index (χ2v) is 8.32. The second-order valence-electron chi connectivity index (χ2n) is 8.32. The zero-order valence-electron chi connectivity index (χ0n) is 17.8. The number of para-hydroxylation sites is 1. The Morgan fingerprint density at radius 2 is 2.12 bits per heavy atom. The van der Waals surface area contributed by atoms with E-state index in [1.54, 1.807) is 18.6 Å². The molecule has 3 N–H and O–H groups in total. The number of halogens is 1. The van der Waals surface area contributed by atoms with E-state index in [0.717, 1.165) is 41.8 Å². The van der Waals surface area contributed by atoms with E-state index in [2.05, 4.69) is 34.9 Å². The summed E-state index contributed by atoms with van der Waals surface area (Å²) >= 11 is 0. The van der Waals surface area contributed by atoms with Gasteiger partial charge in [0, 0.05) is 60.5 Å². The summed E-state index contributed by atoms with van der Waals surface area (Å²) in [5, 5.41) is 6.26. The topological polar surface area (TPSA) is 114 Å². The number of hydrogen-bond acceptors (Lipinski definition) is 7. The molecule has 1 aromatic carbocycles. The molecule has 0 aliphatic carbocycles. The maximum atomic E-state index is 14.2. The van der Waals surface area contributed by atoms with Crippen molar-refractivity contribution in [1.82, 2.24) is 34.7 Å². The zero-order chi connectivity index (χ0) is 22.4. The van der Waals surface area contributed by atoms with Gasteiger partial charge in [-0.25, -0.2) is 24.3 Å². The summed E-state index contributed by atoms with van der Waals surface area (Å²) in [4.78, 5) is 22.9. The highest BCUT2D eigenvalue weighted by atomic mass is 19.1. The van der Waals surface area contributed by atoms with Gasteiger partial charge >= 0.3 is 0 Å². The van der Waals surface area contributed by atoms with E-state index in [1.807, 2.05) is 35.4 Å². The number of nitrogens with two attached hydrogens (primary N) is 1. The first-order valence-electron chi connectivity index (χ1n) is 10.9. The third kappa shape index (κ3) is 3.39. The normalized spacial score (nSPS) is 17.3. The molecule has 2 unspecified atom stereocenters. The van der Waals surface area contributed by atoms with Crippen LogP contribution in [-0.2, 0) is 0 Å². The van der Waals surface area contributed by atoms with E-state index in [-0.39, 0.29) is 17.8 Å². The maximum absolute atomic E-state index is 14.2. The Bertz CT molecular complexity index is 1440. The minimum absolute atomic E-state index is 0.0181. The number of aromatic nitrogens is 7. The van der Waals surface area contributed by atoms with Crippen LogP contribution in [0.2, 0.25) is 0 Å². The van der Waals surface area contributed by atoms with E-state index in [0.29, 0.717) is 23.4 Å². The monoisotopic (exact) mass is 443 g/mol. The quantitative estimate of drug-likeness (QED) is 0.429. The van der Waals surface area contributed by atoms with Gasteiger partial charge in [-0.3, -0.25) is 4.68 Å². The number of anilines is 1. The Morgan fingerprint density at radius 1 is 1.18 bits per heavy atom. The van der Waals surface area contributed by atoms with Gasteiger partial charge in [0.15, 0.2) is 0 Å². The van der Waals surface area contributed by atoms with Gasteiger partial charge in [-0.1, -0.05) is 12.1 Å². The summed E-state index contributed by atoms with van der Waals surface area (Å²) in [5.74, 6) is 0.472. The van der Waals surface area contributed by atoms with Crippen LogP contribution in [0.5, 0.6) is 0 Å². The standard InChI is InChI=1S/C23H22FN9/c24-18-3-1-2-14-9-27-23(31-21(14)18)32-7-5-15(11-32)19(8-25)33-12-16(10-30-33)20-17-4-6-26-22(17)29-13-28-20/h1-4,6,9-10,12-13,15,19H,5,7-8,11,25H2,(H,26,28,29). The van der Waals surface area contributed by atoms with Crippen molar-refractivity contribution in [2.45, 2.75) is 12.5 Å². The van der Waals surface area contributed by atoms with E-state index in [9.17, 15) is 4.39 Å². The first-order chi connectivity index (χ1) is 16.2. The summed E-state index contributed by atoms with van der Waals surface area (Å²) in [6.07, 6.45) is 9.82. The van der Waals surface area contributed by atoms with Crippen molar-refractivity contribution in [2.75, 3.05) is 24.5 Å². The Kier molecular flexibility index (Phi) is 4.72. The molecule has 5 aromatic rings. The van der Waals surface area contributed by atoms with Gasteiger partial charge in [0.1, 0.15) is 23.3 Å². The lowest BCUT2D eigenvalue weighted by Gasteiger charge is -2.23. The summed E-state index contributed by atoms with van der Waals surface area (Å²) in [6.45, 7) is 1.97. The Morgan fingerprint density at radius 3 is 3.03 bits per heavy atom. The molecule has 2 atom stereocenters. The van der Waals surface area contributed by atoms with Gasteiger partial charge in [-0.15, -0.1) is 0 Å². The molecule has 1 saturated heterocycles. The van der Waals surface area contributed by atoms with Crippen LogP contribution in [0.25, 0.3) is 33.2 Å². The van der Waals surface area contributed by atoms with Crippen LogP contribution in [0.3, 0.4) is 0 Å². The molecule has 0 radical (unpaired) electrons. The number of rotatable bonds is 5. The highest BCUT2D eigenvalue weighted by Gasteiger charge is 2.32. The maximum Gasteiger partial charge on any atom is 0.225 e. The number of aromatic amines is 1. The molecule has 0 saturated carbocycles. The molecule has 0 amide bonds. The predicted molar refractivity (Wildman–Crippen MR) is 123 cm³/mol. The van der Waals surface area contributed by atoms with Crippen molar-refractivity contribution < 1.29 is 4.39 Å². The number of fused-ring (bicyclic) bond motifs is 2. The summed E-state index contributed by atoms with van der Waals surface area (Å²) < 4.78 is 16.1. The minimum Gasteiger partial charge on any atom is -0.346 e. The molecular formula is C23H22FN9. The fourth-order valence-corrected chi connectivity index (χ4v) is 4.71. The number of hydrogen-bond donors (Lipinski definition) is 2. The first-order valence-corrected chi connectivity index (χ1v) is 10.9. The molecule has 166 valence electrons. The van der Waals surface area contributed by atoms with E-state index < -0.39 is 0 Å². The molecule has 1 fully saturated rings. The SMILES string of the molecule is NCC(C1CCN(c2ncc3cccc(F)c3n2)C1)n1cc(-c2ncnc3[nH]ccc23)cn1. The molecule has 4 aromatic heterocycles. The molecule has 33 heavy (non-hydrogen) atoms. The molecule has 9 nitrogen and oxygen atoms in total. The largest absolute Gasteiger partial charge is 0.346 e. The molecule has 0 spiro atoms. The summed E-state index contributed by atoms with van der Waals surface area (Å²) in [7, 11) is 0. The van der Waals surface area contributed by atoms with Crippen LogP contribution in [0.15, 0.2) is 55.4 Å². The first kappa shape index (κ1) is 19.7. The van der Waals surface area contributed by atoms with Crippen LogP contribution < -0.4 is 10.6 Å². The van der Waals surface area contributed by atoms with Crippen molar-refractivity contribution in [2.24, 2.45) is 11.7 Å². The Labute approximate surface area is 188 Å². The van der Waals surface area contributed by atoms with Crippen molar-refractivity contribution in [3.63, 3.8) is 0 Å². The van der Waals surface area contributed by atoms with Gasteiger partial charge < -0.3 is 15.6 Å². The lowest BCUT2D eigenvalue weighted by molar-refractivity contribution is 0.334. The summed E-state index contributed by atoms with van der Waals surface area (Å²) in [6, 6.07) is 6.88. The zero-order valence-corrected chi connectivity index (χ0v) is 17.8. The lowest BCUT2D eigenvalue weighted by Crippen LogP contribution is -2.30. The molecule has 1 aliphatic rings. The Balaban J connectivity index is 1.25. The van der Waals surface area contributed by atoms with Crippen LogP contribution >= 0.6 is 0 Å². The van der Waals surface area contributed by atoms with Gasteiger partial charge in [-0.05, 0) is 18.6 Å². The fourth-order valence-electron chi connectivity index (χ4n) is 4.71. The fraction of sp³-hybridized carbons (Fsp3) is 0.261. The average Bonchev–Trinajstić information content (AvgIpc) is 3.61. The van der Waals surface area contributed by atoms with Crippen LogP contribution in [0.1, 0.15) is 12.5 Å². The smallest absolute Gasteiger partial charge is 0.225 e. The van der Waals surface area contributed by atoms with Crippen LogP contribution in [-0.4, -0.2) is 54.3 Å². The van der Waals surface area contributed by atoms with Gasteiger partial charge in [0.25, 0.3) is 0 Å². The highest BCUT2D eigenvalue weighted by molar-refractivity contribution is 5.90. The molecule has 5 heterocycles. The third-order valence-electron chi connectivity index (χ3n) is 6.41. The highest BCUT2D eigenvalue weighted by Crippen LogP contribution is 2.31. The summed E-state index contributed by atoms with van der Waals surface area (Å²) in [5.41, 5.74) is 9.09. The van der Waals surface area contributed by atoms with Crippen molar-refractivity contribution in [1.29, 1.82) is 0 Å². The number of nitrogens with zero attached hydrogens (tertiary/aromatic N) is 7. The molecule has 10 heteroatoms. The van der Waals surface area contributed by atoms with Crippen molar-refractivity contribution in [3.8, 4) is 11.3 Å². The van der Waals surface area contributed by atoms with Gasteiger partial charge in [0.2, 0.25) is 5.95 Å². The van der Waals surface area contributed by atoms with Gasteiger partial charge in [-0.2, -0.15) is 5.10 Å². The molecule has 6 rings (SSSR count). The van der Waals surface area contributed by atoms with E-state index in [4.69, 9.17) is 5.73 Å². The second kappa shape index (κ2) is 7.89. The third-order valence-corrected chi connectivity index (χ3v) is 6.41. The van der Waals surface area contributed by atoms with E-state index in [1.165, 1.54) is 6.07 Å². The van der Waals surface area contributed by atoms with Gasteiger partial charge in [0.05, 0.1) is 17.9 Å². The lowest BCUT2D eigenvalue weighted by atomic mass is 9.99. The minimum atomic E-state index is -0.336.